The Labute approximate surface area is 151 Å². The molecule has 7 heteroatoms. The van der Waals surface area contributed by atoms with Crippen molar-refractivity contribution in [3.63, 3.8) is 0 Å². The Balaban J connectivity index is 2.78. The van der Waals surface area contributed by atoms with Gasteiger partial charge in [0, 0.05) is 5.54 Å². The van der Waals surface area contributed by atoms with Crippen LogP contribution in [0.1, 0.15) is 44.5 Å². The molecule has 134 valence electrons. The minimum absolute atomic E-state index is 0.268. The number of halogens is 1. The van der Waals surface area contributed by atoms with Gasteiger partial charge in [0.15, 0.2) is 18.1 Å². The van der Waals surface area contributed by atoms with Crippen molar-refractivity contribution in [1.29, 1.82) is 0 Å². The molecule has 0 saturated heterocycles. The summed E-state index contributed by atoms with van der Waals surface area (Å²) in [6, 6.07) is 3.09. The molecule has 0 fully saturated rings. The summed E-state index contributed by atoms with van der Waals surface area (Å²) in [7, 11) is 1.49. The van der Waals surface area contributed by atoms with Crippen LogP contribution < -0.4 is 14.8 Å². The summed E-state index contributed by atoms with van der Waals surface area (Å²) in [5.41, 5.74) is -0.0701. The topological polar surface area (TPSA) is 73.9 Å². The molecule has 6 nitrogen and oxygen atoms in total. The first-order chi connectivity index (χ1) is 11.2. The van der Waals surface area contributed by atoms with Crippen LogP contribution >= 0.6 is 15.9 Å². The molecule has 1 aromatic carbocycles. The van der Waals surface area contributed by atoms with Gasteiger partial charge in [-0.2, -0.15) is 0 Å². The minimum atomic E-state index is -0.610. The molecule has 0 unspecified atom stereocenters. The second-order valence-electron chi connectivity index (χ2n) is 5.78. The van der Waals surface area contributed by atoms with E-state index in [2.05, 4.69) is 21.2 Å². The van der Waals surface area contributed by atoms with Crippen molar-refractivity contribution in [1.82, 2.24) is 5.32 Å². The Hall–Kier alpha value is -1.76. The molecule has 1 rings (SSSR count). The third-order valence-electron chi connectivity index (χ3n) is 3.45. The number of nitrogens with one attached hydrogen (secondary N) is 1. The molecule has 0 saturated carbocycles. The third kappa shape index (κ3) is 5.70. The molecule has 1 aromatic rings. The average molecular weight is 402 g/mol. The second kappa shape index (κ2) is 8.92. The van der Waals surface area contributed by atoms with Crippen molar-refractivity contribution in [2.75, 3.05) is 20.3 Å². The zero-order valence-corrected chi connectivity index (χ0v) is 16.3. The van der Waals surface area contributed by atoms with Gasteiger partial charge in [-0.15, -0.1) is 0 Å². The monoisotopic (exact) mass is 401 g/mol. The highest BCUT2D eigenvalue weighted by Gasteiger charge is 2.20. The zero-order chi connectivity index (χ0) is 18.3. The summed E-state index contributed by atoms with van der Waals surface area (Å²) in [5.74, 6) is -0.0256. The zero-order valence-electron chi connectivity index (χ0n) is 14.7. The van der Waals surface area contributed by atoms with Crippen LogP contribution in [0, 0.1) is 0 Å². The largest absolute Gasteiger partial charge is 0.493 e. The van der Waals surface area contributed by atoms with Crippen molar-refractivity contribution in [2.45, 2.75) is 39.7 Å². The molecule has 0 atom stereocenters. The van der Waals surface area contributed by atoms with E-state index in [4.69, 9.17) is 14.2 Å². The molecular formula is C17H24BrNO5. The summed E-state index contributed by atoms with van der Waals surface area (Å²) in [6.07, 6.45) is 0.774. The summed E-state index contributed by atoms with van der Waals surface area (Å²) >= 11 is 3.35. The molecule has 1 N–H and O–H groups in total. The molecule has 0 radical (unpaired) electrons. The maximum absolute atomic E-state index is 12.2. The van der Waals surface area contributed by atoms with Crippen molar-refractivity contribution in [3.05, 3.63) is 22.2 Å². The Morgan fingerprint density at radius 3 is 2.46 bits per heavy atom. The first-order valence-corrected chi connectivity index (χ1v) is 8.51. The number of hydrogen-bond donors (Lipinski definition) is 1. The van der Waals surface area contributed by atoms with E-state index in [1.807, 2.05) is 27.7 Å². The van der Waals surface area contributed by atoms with Crippen molar-refractivity contribution >= 4 is 27.8 Å². The van der Waals surface area contributed by atoms with E-state index in [9.17, 15) is 9.59 Å². The second-order valence-corrected chi connectivity index (χ2v) is 6.64. The fraction of sp³-hybridized carbons (Fsp3) is 0.529. The Kier molecular flexibility index (Phi) is 7.54. The number of ether oxygens (including phenoxy) is 3. The highest BCUT2D eigenvalue weighted by molar-refractivity contribution is 9.10. The van der Waals surface area contributed by atoms with E-state index in [-0.39, 0.29) is 23.6 Å². The normalized spacial score (nSPS) is 10.9. The van der Waals surface area contributed by atoms with Gasteiger partial charge in [-0.25, -0.2) is 4.79 Å². The Morgan fingerprint density at radius 1 is 1.25 bits per heavy atom. The maximum Gasteiger partial charge on any atom is 0.338 e. The summed E-state index contributed by atoms with van der Waals surface area (Å²) < 4.78 is 16.3. The van der Waals surface area contributed by atoms with Crippen LogP contribution in [-0.4, -0.2) is 37.7 Å². The van der Waals surface area contributed by atoms with E-state index < -0.39 is 5.97 Å². The van der Waals surface area contributed by atoms with E-state index in [1.165, 1.54) is 13.2 Å². The molecule has 0 spiro atoms. The molecule has 0 bridgehead atoms. The van der Waals surface area contributed by atoms with Crippen molar-refractivity contribution < 1.29 is 23.8 Å². The van der Waals surface area contributed by atoms with E-state index in [0.29, 0.717) is 22.6 Å². The lowest BCUT2D eigenvalue weighted by Gasteiger charge is -2.24. The quantitative estimate of drug-likeness (QED) is 0.676. The molecule has 1 amide bonds. The van der Waals surface area contributed by atoms with Gasteiger partial charge in [0.2, 0.25) is 0 Å². The lowest BCUT2D eigenvalue weighted by atomic mass is 10.0. The minimum Gasteiger partial charge on any atom is -0.493 e. The van der Waals surface area contributed by atoms with Gasteiger partial charge < -0.3 is 19.5 Å². The van der Waals surface area contributed by atoms with Gasteiger partial charge in [-0.3, -0.25) is 4.79 Å². The predicted octanol–water partition coefficient (Wildman–Crippen LogP) is 3.32. The fourth-order valence-electron chi connectivity index (χ4n) is 1.84. The third-order valence-corrected chi connectivity index (χ3v) is 4.04. The molecule has 0 aliphatic rings. The number of hydrogen-bond acceptors (Lipinski definition) is 5. The van der Waals surface area contributed by atoms with Gasteiger partial charge in [-0.05, 0) is 55.3 Å². The number of carbonyl (C=O) groups is 2. The molecule has 0 aliphatic carbocycles. The molecule has 24 heavy (non-hydrogen) atoms. The number of esters is 1. The van der Waals surface area contributed by atoms with Crippen molar-refractivity contribution in [2.24, 2.45) is 0 Å². The number of rotatable bonds is 8. The molecule has 0 heterocycles. The van der Waals surface area contributed by atoms with E-state index in [0.717, 1.165) is 6.42 Å². The summed E-state index contributed by atoms with van der Waals surface area (Å²) in [6.45, 7) is 7.75. The van der Waals surface area contributed by atoms with Crippen LogP contribution in [0.25, 0.3) is 0 Å². The predicted molar refractivity (Wildman–Crippen MR) is 94.7 cm³/mol. The van der Waals surface area contributed by atoms with Crippen LogP contribution in [0.5, 0.6) is 11.5 Å². The van der Waals surface area contributed by atoms with Gasteiger partial charge in [-0.1, -0.05) is 6.92 Å². The van der Waals surface area contributed by atoms with Crippen LogP contribution in [0.2, 0.25) is 0 Å². The summed E-state index contributed by atoms with van der Waals surface area (Å²) in [4.78, 5) is 24.0. The smallest absolute Gasteiger partial charge is 0.338 e. The van der Waals surface area contributed by atoms with Crippen molar-refractivity contribution in [3.8, 4) is 11.5 Å². The van der Waals surface area contributed by atoms with Gasteiger partial charge in [0.1, 0.15) is 0 Å². The van der Waals surface area contributed by atoms with Gasteiger partial charge in [0.05, 0.1) is 23.8 Å². The molecule has 0 aliphatic heterocycles. The Morgan fingerprint density at radius 2 is 1.92 bits per heavy atom. The fourth-order valence-corrected chi connectivity index (χ4v) is 2.39. The first kappa shape index (κ1) is 20.3. The Bertz CT molecular complexity index is 601. The number of methoxy groups -OCH3 is 1. The number of carbonyl (C=O) groups excluding carboxylic acids is 2. The van der Waals surface area contributed by atoms with E-state index in [1.54, 1.807) is 6.07 Å². The van der Waals surface area contributed by atoms with Gasteiger partial charge >= 0.3 is 5.97 Å². The maximum atomic E-state index is 12.2. The van der Waals surface area contributed by atoms with Crippen LogP contribution in [0.15, 0.2) is 16.6 Å². The van der Waals surface area contributed by atoms with Crippen LogP contribution in [0.3, 0.4) is 0 Å². The SMILES string of the molecule is CCOc1c(Br)cc(C(=O)OCC(=O)NC(C)(C)CC)cc1OC. The number of amides is 1. The summed E-state index contributed by atoms with van der Waals surface area (Å²) in [5, 5.41) is 2.80. The molecule has 0 aromatic heterocycles. The lowest BCUT2D eigenvalue weighted by Crippen LogP contribution is -2.44. The first-order valence-electron chi connectivity index (χ1n) is 7.72. The average Bonchev–Trinajstić information content (AvgIpc) is 2.53. The lowest BCUT2D eigenvalue weighted by molar-refractivity contribution is -0.125. The number of benzene rings is 1. The van der Waals surface area contributed by atoms with E-state index >= 15 is 0 Å². The highest BCUT2D eigenvalue weighted by atomic mass is 79.9. The van der Waals surface area contributed by atoms with Crippen LogP contribution in [0.4, 0.5) is 0 Å². The van der Waals surface area contributed by atoms with Gasteiger partial charge in [0.25, 0.3) is 5.91 Å². The standard InChI is InChI=1S/C17H24BrNO5/c1-6-17(3,4)19-14(20)10-24-16(21)11-8-12(18)15(23-7-2)13(9-11)22-5/h8-9H,6-7,10H2,1-5H3,(H,19,20). The molecular weight excluding hydrogens is 378 g/mol. The highest BCUT2D eigenvalue weighted by Crippen LogP contribution is 2.36. The van der Waals surface area contributed by atoms with Crippen LogP contribution in [-0.2, 0) is 9.53 Å².